The Balaban J connectivity index is 1.67. The molecule has 1 saturated heterocycles. The lowest BCUT2D eigenvalue weighted by molar-refractivity contribution is 0.132. The summed E-state index contributed by atoms with van der Waals surface area (Å²) in [7, 11) is 0. The lowest BCUT2D eigenvalue weighted by Crippen LogP contribution is -2.19. The van der Waals surface area contributed by atoms with E-state index in [1.165, 1.54) is 29.7 Å². The summed E-state index contributed by atoms with van der Waals surface area (Å²) in [6.07, 6.45) is 4.31. The maximum absolute atomic E-state index is 9.09. The second kappa shape index (κ2) is 7.85. The van der Waals surface area contributed by atoms with E-state index >= 15 is 0 Å². The molecule has 128 valence electrons. The van der Waals surface area contributed by atoms with Crippen LogP contribution in [0.3, 0.4) is 0 Å². The van der Waals surface area contributed by atoms with Gasteiger partial charge in [0.05, 0.1) is 17.8 Å². The van der Waals surface area contributed by atoms with E-state index in [4.69, 9.17) is 10.1 Å². The van der Waals surface area contributed by atoms with E-state index in [0.29, 0.717) is 12.2 Å². The number of hydrogen-bond donors (Lipinski definition) is 0. The number of nitriles is 1. The van der Waals surface area contributed by atoms with E-state index in [1.807, 2.05) is 18.2 Å². The molecule has 0 atom stereocenters. The maximum Gasteiger partial charge on any atom is 0.143 e. The molecule has 1 fully saturated rings. The van der Waals surface area contributed by atoms with Crippen LogP contribution in [-0.4, -0.2) is 19.3 Å². The molecule has 1 aliphatic heterocycles. The van der Waals surface area contributed by atoms with Crippen molar-refractivity contribution in [1.29, 1.82) is 5.26 Å². The molecule has 1 aliphatic rings. The second-order valence-electron chi connectivity index (χ2n) is 6.47. The van der Waals surface area contributed by atoms with Gasteiger partial charge in [0, 0.05) is 24.3 Å². The molecular weight excluding hydrogens is 310 g/mol. The quantitative estimate of drug-likeness (QED) is 0.604. The topological polar surface area (TPSA) is 48.6 Å². The normalized spacial score (nSPS) is 14.0. The van der Waals surface area contributed by atoms with E-state index in [-0.39, 0.29) is 0 Å². The van der Waals surface area contributed by atoms with Gasteiger partial charge < -0.3 is 9.74 Å². The number of hydrogen-bond acceptors (Lipinski definition) is 4. The highest BCUT2D eigenvalue weighted by atomic mass is 16.6. The highest BCUT2D eigenvalue weighted by Crippen LogP contribution is 2.27. The first kappa shape index (κ1) is 17.0. The Morgan fingerprint density at radius 1 is 1.16 bits per heavy atom. The molecule has 0 radical (unpaired) electrons. The standard InChI is InChI=1S/C21H23N3O/c1-16-12-21(24-9-5-6-10-24)17(2)11-20(16)14-23-25-15-19-8-4-3-7-18(19)13-22/h3-4,7-8,11-12,14H,5-6,9-10,15H2,1-2H3/b23-14-. The van der Waals surface area contributed by atoms with Crippen LogP contribution in [0.4, 0.5) is 5.69 Å². The summed E-state index contributed by atoms with van der Waals surface area (Å²) in [6.45, 7) is 6.84. The average Bonchev–Trinajstić information content (AvgIpc) is 3.15. The van der Waals surface area contributed by atoms with Gasteiger partial charge in [-0.05, 0) is 61.6 Å². The molecule has 0 spiro atoms. The van der Waals surface area contributed by atoms with Crippen molar-refractivity contribution in [3.8, 4) is 6.07 Å². The minimum atomic E-state index is 0.296. The minimum absolute atomic E-state index is 0.296. The van der Waals surface area contributed by atoms with Crippen molar-refractivity contribution >= 4 is 11.9 Å². The summed E-state index contributed by atoms with van der Waals surface area (Å²) in [6, 6.07) is 14.0. The molecule has 0 aromatic heterocycles. The molecule has 0 amide bonds. The van der Waals surface area contributed by atoms with Crippen molar-refractivity contribution < 1.29 is 4.84 Å². The number of rotatable bonds is 5. The number of aryl methyl sites for hydroxylation is 2. The predicted octanol–water partition coefficient (Wildman–Crippen LogP) is 4.33. The van der Waals surface area contributed by atoms with Gasteiger partial charge >= 0.3 is 0 Å². The van der Waals surface area contributed by atoms with Crippen molar-refractivity contribution in [2.75, 3.05) is 18.0 Å². The lowest BCUT2D eigenvalue weighted by atomic mass is 10.0. The van der Waals surface area contributed by atoms with Crippen LogP contribution in [0.5, 0.6) is 0 Å². The first-order chi connectivity index (χ1) is 12.2. The summed E-state index contributed by atoms with van der Waals surface area (Å²) >= 11 is 0. The molecule has 2 aromatic carbocycles. The highest BCUT2D eigenvalue weighted by Gasteiger charge is 2.15. The van der Waals surface area contributed by atoms with Gasteiger partial charge in [-0.25, -0.2) is 0 Å². The molecule has 0 bridgehead atoms. The number of oxime groups is 1. The van der Waals surface area contributed by atoms with Crippen LogP contribution >= 0.6 is 0 Å². The third kappa shape index (κ3) is 4.00. The fourth-order valence-corrected chi connectivity index (χ4v) is 3.22. The smallest absolute Gasteiger partial charge is 0.143 e. The molecule has 2 aromatic rings. The first-order valence-electron chi connectivity index (χ1n) is 8.68. The van der Waals surface area contributed by atoms with Crippen LogP contribution in [0.2, 0.25) is 0 Å². The highest BCUT2D eigenvalue weighted by molar-refractivity contribution is 5.83. The molecule has 3 rings (SSSR count). The summed E-state index contributed by atoms with van der Waals surface area (Å²) in [5.74, 6) is 0. The largest absolute Gasteiger partial charge is 0.391 e. The predicted molar refractivity (Wildman–Crippen MR) is 101 cm³/mol. The fraction of sp³-hybridized carbons (Fsp3) is 0.333. The van der Waals surface area contributed by atoms with Crippen LogP contribution < -0.4 is 4.90 Å². The van der Waals surface area contributed by atoms with E-state index in [1.54, 1.807) is 12.3 Å². The zero-order chi connectivity index (χ0) is 17.6. The second-order valence-corrected chi connectivity index (χ2v) is 6.47. The zero-order valence-corrected chi connectivity index (χ0v) is 14.8. The summed E-state index contributed by atoms with van der Waals surface area (Å²) in [5, 5.41) is 13.2. The summed E-state index contributed by atoms with van der Waals surface area (Å²) < 4.78 is 0. The van der Waals surface area contributed by atoms with Crippen molar-refractivity contribution in [3.63, 3.8) is 0 Å². The van der Waals surface area contributed by atoms with Crippen molar-refractivity contribution in [2.24, 2.45) is 5.16 Å². The Hall–Kier alpha value is -2.80. The lowest BCUT2D eigenvalue weighted by Gasteiger charge is -2.21. The van der Waals surface area contributed by atoms with Crippen molar-refractivity contribution in [1.82, 2.24) is 0 Å². The Kier molecular flexibility index (Phi) is 5.35. The Bertz CT molecular complexity index is 814. The third-order valence-corrected chi connectivity index (χ3v) is 4.66. The Morgan fingerprint density at radius 2 is 1.92 bits per heavy atom. The van der Waals surface area contributed by atoms with Gasteiger partial charge in [0.25, 0.3) is 0 Å². The van der Waals surface area contributed by atoms with E-state index < -0.39 is 0 Å². The SMILES string of the molecule is Cc1cc(N2CCCC2)c(C)cc1/C=N\OCc1ccccc1C#N. The van der Waals surface area contributed by atoms with Gasteiger partial charge in [-0.1, -0.05) is 23.4 Å². The van der Waals surface area contributed by atoms with E-state index in [2.05, 4.69) is 42.1 Å². The van der Waals surface area contributed by atoms with Crippen LogP contribution in [0.1, 0.15) is 40.7 Å². The fourth-order valence-electron chi connectivity index (χ4n) is 3.22. The summed E-state index contributed by atoms with van der Waals surface area (Å²) in [4.78, 5) is 7.86. The van der Waals surface area contributed by atoms with Crippen LogP contribution in [0.15, 0.2) is 41.6 Å². The Labute approximate surface area is 149 Å². The average molecular weight is 333 g/mol. The molecule has 25 heavy (non-hydrogen) atoms. The minimum Gasteiger partial charge on any atom is -0.391 e. The zero-order valence-electron chi connectivity index (χ0n) is 14.8. The van der Waals surface area contributed by atoms with Gasteiger partial charge in [0.15, 0.2) is 0 Å². The molecule has 0 unspecified atom stereocenters. The molecule has 1 heterocycles. The van der Waals surface area contributed by atoms with E-state index in [0.717, 1.165) is 24.2 Å². The van der Waals surface area contributed by atoms with Crippen molar-refractivity contribution in [2.45, 2.75) is 33.3 Å². The summed E-state index contributed by atoms with van der Waals surface area (Å²) in [5.41, 5.74) is 6.32. The van der Waals surface area contributed by atoms with Gasteiger partial charge in [-0.3, -0.25) is 0 Å². The third-order valence-electron chi connectivity index (χ3n) is 4.66. The maximum atomic E-state index is 9.09. The molecular formula is C21H23N3O. The number of benzene rings is 2. The number of anilines is 1. The van der Waals surface area contributed by atoms with Gasteiger partial charge in [-0.2, -0.15) is 5.26 Å². The van der Waals surface area contributed by atoms with Crippen molar-refractivity contribution in [3.05, 3.63) is 64.2 Å². The van der Waals surface area contributed by atoms with Crippen LogP contribution in [0.25, 0.3) is 0 Å². The van der Waals surface area contributed by atoms with E-state index in [9.17, 15) is 0 Å². The Morgan fingerprint density at radius 3 is 2.68 bits per heavy atom. The van der Waals surface area contributed by atoms with Gasteiger partial charge in [0.1, 0.15) is 6.61 Å². The molecule has 0 saturated carbocycles. The number of nitrogens with zero attached hydrogens (tertiary/aromatic N) is 3. The molecule has 4 nitrogen and oxygen atoms in total. The molecule has 4 heteroatoms. The monoisotopic (exact) mass is 333 g/mol. The van der Waals surface area contributed by atoms with Gasteiger partial charge in [-0.15, -0.1) is 0 Å². The molecule has 0 aliphatic carbocycles. The first-order valence-corrected chi connectivity index (χ1v) is 8.68. The molecule has 0 N–H and O–H groups in total. The van der Waals surface area contributed by atoms with Crippen LogP contribution in [-0.2, 0) is 11.4 Å². The van der Waals surface area contributed by atoms with Crippen LogP contribution in [0, 0.1) is 25.2 Å². The van der Waals surface area contributed by atoms with Gasteiger partial charge in [0.2, 0.25) is 0 Å².